The second kappa shape index (κ2) is 3.32. The molecule has 2 unspecified atom stereocenters. The van der Waals surface area contributed by atoms with E-state index in [9.17, 15) is 4.79 Å². The molecule has 1 amide bonds. The number of ether oxygens (including phenoxy) is 1. The summed E-state index contributed by atoms with van der Waals surface area (Å²) in [6, 6.07) is 0. The zero-order valence-electron chi connectivity index (χ0n) is 6.23. The lowest BCUT2D eigenvalue weighted by Crippen LogP contribution is -2.35. The fraction of sp³-hybridized carbons (Fsp3) is 0.833. The molecular formula is C6H11NO3S. The Hall–Kier alpha value is -0.420. The molecule has 1 N–H and O–H groups in total. The molecule has 1 aliphatic rings. The first-order chi connectivity index (χ1) is 5.11. The number of carbonyl (C=O) groups is 1. The van der Waals surface area contributed by atoms with E-state index in [0.29, 0.717) is 13.0 Å². The molecule has 1 rings (SSSR count). The maximum Gasteiger partial charge on any atom is 0.409 e. The van der Waals surface area contributed by atoms with Crippen molar-refractivity contribution in [3.63, 3.8) is 0 Å². The van der Waals surface area contributed by atoms with Gasteiger partial charge in [-0.2, -0.15) is 12.6 Å². The van der Waals surface area contributed by atoms with Crippen LogP contribution in [0.2, 0.25) is 0 Å². The fourth-order valence-corrected chi connectivity index (χ4v) is 1.25. The van der Waals surface area contributed by atoms with E-state index >= 15 is 0 Å². The number of hydrogen-bond donors (Lipinski definition) is 2. The third kappa shape index (κ3) is 2.00. The molecule has 1 aliphatic heterocycles. The van der Waals surface area contributed by atoms with Crippen molar-refractivity contribution in [3.05, 3.63) is 0 Å². The molecule has 64 valence electrons. The van der Waals surface area contributed by atoms with Crippen LogP contribution in [0.3, 0.4) is 0 Å². The number of nitrogens with zero attached hydrogens (tertiary/aromatic N) is 1. The van der Waals surface area contributed by atoms with Crippen LogP contribution in [0.5, 0.6) is 0 Å². The van der Waals surface area contributed by atoms with E-state index in [2.05, 4.69) is 12.6 Å². The van der Waals surface area contributed by atoms with Gasteiger partial charge in [0.2, 0.25) is 0 Å². The minimum Gasteiger partial charge on any atom is -0.465 e. The Morgan fingerprint density at radius 1 is 1.82 bits per heavy atom. The van der Waals surface area contributed by atoms with E-state index in [-0.39, 0.29) is 11.5 Å². The van der Waals surface area contributed by atoms with Gasteiger partial charge in [-0.05, 0) is 0 Å². The summed E-state index contributed by atoms with van der Waals surface area (Å²) in [5.74, 6) is 0. The van der Waals surface area contributed by atoms with E-state index < -0.39 is 6.09 Å². The summed E-state index contributed by atoms with van der Waals surface area (Å²) in [4.78, 5) is 11.6. The molecule has 0 saturated carbocycles. The molecule has 1 saturated heterocycles. The van der Waals surface area contributed by atoms with E-state index in [0.717, 1.165) is 4.90 Å². The van der Waals surface area contributed by atoms with E-state index in [1.165, 1.54) is 7.05 Å². The first-order valence-electron chi connectivity index (χ1n) is 3.36. The Bertz CT molecular complexity index is 164. The molecule has 5 heteroatoms. The summed E-state index contributed by atoms with van der Waals surface area (Å²) in [5, 5.41) is 8.72. The fourth-order valence-electron chi connectivity index (χ4n) is 0.984. The van der Waals surface area contributed by atoms with Gasteiger partial charge in [-0.3, -0.25) is 4.90 Å². The Morgan fingerprint density at radius 3 is 2.82 bits per heavy atom. The summed E-state index contributed by atoms with van der Waals surface area (Å²) >= 11 is 4.17. The quantitative estimate of drug-likeness (QED) is 0.578. The van der Waals surface area contributed by atoms with Gasteiger partial charge in [-0.15, -0.1) is 0 Å². The van der Waals surface area contributed by atoms with Gasteiger partial charge in [0.05, 0.1) is 6.61 Å². The van der Waals surface area contributed by atoms with Gasteiger partial charge in [0, 0.05) is 18.7 Å². The largest absolute Gasteiger partial charge is 0.465 e. The van der Waals surface area contributed by atoms with Crippen molar-refractivity contribution in [3.8, 4) is 0 Å². The predicted octanol–water partition coefficient (Wildman–Crippen LogP) is 0.641. The maximum absolute atomic E-state index is 10.4. The molecular weight excluding hydrogens is 166 g/mol. The van der Waals surface area contributed by atoms with Gasteiger partial charge in [-0.25, -0.2) is 4.79 Å². The van der Waals surface area contributed by atoms with Gasteiger partial charge < -0.3 is 9.84 Å². The first-order valence-corrected chi connectivity index (χ1v) is 3.88. The van der Waals surface area contributed by atoms with Gasteiger partial charge in [-0.1, -0.05) is 0 Å². The lowest BCUT2D eigenvalue weighted by Gasteiger charge is -2.19. The minimum absolute atomic E-state index is 0.168. The molecule has 4 nitrogen and oxygen atoms in total. The van der Waals surface area contributed by atoms with Gasteiger partial charge in [0.1, 0.15) is 6.23 Å². The van der Waals surface area contributed by atoms with Crippen molar-refractivity contribution in [1.29, 1.82) is 0 Å². The average Bonchev–Trinajstić information content (AvgIpc) is 2.34. The highest BCUT2D eigenvalue weighted by Gasteiger charge is 2.28. The van der Waals surface area contributed by atoms with Gasteiger partial charge in [0.25, 0.3) is 0 Å². The highest BCUT2D eigenvalue weighted by molar-refractivity contribution is 7.81. The van der Waals surface area contributed by atoms with Gasteiger partial charge in [0.15, 0.2) is 0 Å². The van der Waals surface area contributed by atoms with Crippen LogP contribution in [0.15, 0.2) is 0 Å². The van der Waals surface area contributed by atoms with Crippen molar-refractivity contribution >= 4 is 18.7 Å². The Balaban J connectivity index is 2.43. The van der Waals surface area contributed by atoms with Crippen LogP contribution in [-0.2, 0) is 4.74 Å². The second-order valence-corrected chi connectivity index (χ2v) is 3.30. The van der Waals surface area contributed by atoms with Crippen LogP contribution in [-0.4, -0.2) is 41.2 Å². The van der Waals surface area contributed by atoms with Crippen LogP contribution >= 0.6 is 12.6 Å². The molecule has 1 heterocycles. The monoisotopic (exact) mass is 177 g/mol. The lowest BCUT2D eigenvalue weighted by molar-refractivity contribution is 0.00337. The summed E-state index contributed by atoms with van der Waals surface area (Å²) < 4.78 is 5.16. The molecule has 0 aromatic carbocycles. The van der Waals surface area contributed by atoms with Crippen molar-refractivity contribution < 1.29 is 14.6 Å². The average molecular weight is 177 g/mol. The molecule has 0 radical (unpaired) electrons. The molecule has 0 spiro atoms. The third-order valence-electron chi connectivity index (χ3n) is 1.69. The number of thiol groups is 1. The predicted molar refractivity (Wildman–Crippen MR) is 42.9 cm³/mol. The topological polar surface area (TPSA) is 49.8 Å². The third-order valence-corrected chi connectivity index (χ3v) is 2.05. The van der Waals surface area contributed by atoms with Crippen LogP contribution in [0, 0.1) is 0 Å². The highest BCUT2D eigenvalue weighted by atomic mass is 32.1. The first kappa shape index (κ1) is 8.67. The number of hydrogen-bond acceptors (Lipinski definition) is 3. The molecule has 0 aromatic heterocycles. The van der Waals surface area contributed by atoms with E-state index in [4.69, 9.17) is 9.84 Å². The van der Waals surface area contributed by atoms with Crippen molar-refractivity contribution in [2.24, 2.45) is 0 Å². The summed E-state index contributed by atoms with van der Waals surface area (Å²) in [6.45, 7) is 0.533. The number of carboxylic acid groups (broad SMARTS) is 1. The summed E-state index contributed by atoms with van der Waals surface area (Å²) in [5.41, 5.74) is 0. The van der Waals surface area contributed by atoms with Crippen molar-refractivity contribution in [2.45, 2.75) is 17.9 Å². The van der Waals surface area contributed by atoms with Gasteiger partial charge >= 0.3 is 6.09 Å². The lowest BCUT2D eigenvalue weighted by atomic mass is 10.3. The molecule has 0 aliphatic carbocycles. The van der Waals surface area contributed by atoms with Crippen LogP contribution in [0.4, 0.5) is 4.79 Å². The van der Waals surface area contributed by atoms with E-state index in [1.807, 2.05) is 0 Å². The van der Waals surface area contributed by atoms with E-state index in [1.54, 1.807) is 0 Å². The second-order valence-electron chi connectivity index (χ2n) is 2.57. The van der Waals surface area contributed by atoms with Crippen LogP contribution in [0.1, 0.15) is 6.42 Å². The molecule has 0 bridgehead atoms. The van der Waals surface area contributed by atoms with Crippen LogP contribution in [0.25, 0.3) is 0 Å². The molecule has 2 atom stereocenters. The minimum atomic E-state index is -0.961. The number of amides is 1. The highest BCUT2D eigenvalue weighted by Crippen LogP contribution is 2.19. The standard InChI is InChI=1S/C6H11NO3S/c1-7(6(8)9)5-2-4(11)3-10-5/h4-5,11H,2-3H2,1H3,(H,8,9). The number of rotatable bonds is 1. The van der Waals surface area contributed by atoms with Crippen LogP contribution < -0.4 is 0 Å². The SMILES string of the molecule is CN(C(=O)O)C1CC(S)CO1. The Kier molecular flexibility index (Phi) is 2.62. The summed E-state index contributed by atoms with van der Waals surface area (Å²) in [6.07, 6.45) is -0.598. The Morgan fingerprint density at radius 2 is 2.45 bits per heavy atom. The van der Waals surface area contributed by atoms with Crippen molar-refractivity contribution in [2.75, 3.05) is 13.7 Å². The molecule has 11 heavy (non-hydrogen) atoms. The molecule has 0 aromatic rings. The molecule has 1 fully saturated rings. The van der Waals surface area contributed by atoms with Crippen molar-refractivity contribution in [1.82, 2.24) is 4.90 Å². The normalized spacial score (nSPS) is 30.4. The smallest absolute Gasteiger partial charge is 0.409 e. The zero-order chi connectivity index (χ0) is 8.43. The summed E-state index contributed by atoms with van der Waals surface area (Å²) in [7, 11) is 1.50. The Labute approximate surface area is 70.5 Å². The zero-order valence-corrected chi connectivity index (χ0v) is 7.12. The maximum atomic E-state index is 10.4.